The molecule has 0 aliphatic heterocycles. The van der Waals surface area contributed by atoms with Crippen LogP contribution in [0.3, 0.4) is 0 Å². The smallest absolute Gasteiger partial charge is 0.384 e. The lowest BCUT2D eigenvalue weighted by Gasteiger charge is -2.28. The number of sulfone groups is 1. The molecule has 4 rings (SSSR count). The molecular weight excluding hydrogens is 672 g/mol. The van der Waals surface area contributed by atoms with Crippen molar-refractivity contribution < 1.29 is 40.8 Å². The predicted molar refractivity (Wildman–Crippen MR) is 167 cm³/mol. The lowest BCUT2D eigenvalue weighted by molar-refractivity contribution is 0.0740. The van der Waals surface area contributed by atoms with Crippen molar-refractivity contribution in [2.75, 3.05) is 13.4 Å². The number of benzene rings is 3. The van der Waals surface area contributed by atoms with E-state index in [2.05, 4.69) is 9.51 Å². The highest BCUT2D eigenvalue weighted by atomic mass is 35.5. The van der Waals surface area contributed by atoms with Crippen LogP contribution in [-0.2, 0) is 41.1 Å². The quantitative estimate of drug-likeness (QED) is 0.164. The second-order valence-electron chi connectivity index (χ2n) is 11.4. The van der Waals surface area contributed by atoms with Gasteiger partial charge in [0, 0.05) is 40.7 Å². The van der Waals surface area contributed by atoms with Gasteiger partial charge in [-0.05, 0) is 75.2 Å². The Hall–Kier alpha value is -2.67. The number of imidazole rings is 1. The summed E-state index contributed by atoms with van der Waals surface area (Å²) in [5.41, 5.74) is -1.91. The summed E-state index contributed by atoms with van der Waals surface area (Å²) in [7, 11) is -7.71. The Balaban J connectivity index is 1.86. The van der Waals surface area contributed by atoms with Crippen molar-refractivity contribution in [3.63, 3.8) is 0 Å². The van der Waals surface area contributed by atoms with Crippen LogP contribution >= 0.6 is 31.0 Å². The van der Waals surface area contributed by atoms with Gasteiger partial charge in [0.2, 0.25) is 0 Å². The normalized spacial score (nSPS) is 14.0. The summed E-state index contributed by atoms with van der Waals surface area (Å²) in [4.78, 5) is 13.7. The van der Waals surface area contributed by atoms with Gasteiger partial charge in [0.1, 0.15) is 23.1 Å². The van der Waals surface area contributed by atoms with E-state index in [0.29, 0.717) is 21.4 Å². The lowest BCUT2D eigenvalue weighted by atomic mass is 9.83. The fourth-order valence-electron chi connectivity index (χ4n) is 4.84. The molecule has 0 bridgehead atoms. The topological polar surface area (TPSA) is 128 Å². The van der Waals surface area contributed by atoms with E-state index in [0.717, 1.165) is 31.6 Å². The van der Waals surface area contributed by atoms with E-state index in [1.807, 2.05) is 13.8 Å². The maximum atomic E-state index is 16.0. The van der Waals surface area contributed by atoms with Crippen molar-refractivity contribution in [3.05, 3.63) is 99.1 Å². The summed E-state index contributed by atoms with van der Waals surface area (Å²) in [5, 5.41) is 11.5. The van der Waals surface area contributed by atoms with Crippen LogP contribution in [0.2, 0.25) is 10.0 Å². The Morgan fingerprint density at radius 2 is 1.60 bits per heavy atom. The van der Waals surface area contributed by atoms with Crippen molar-refractivity contribution in [1.29, 1.82) is 0 Å². The van der Waals surface area contributed by atoms with Gasteiger partial charge in [-0.1, -0.05) is 35.3 Å². The molecule has 0 aliphatic rings. The summed E-state index contributed by atoms with van der Waals surface area (Å²) < 4.78 is 78.6. The molecular formula is C30H31Cl2F2N2O7PS. The van der Waals surface area contributed by atoms with Gasteiger partial charge in [0.05, 0.1) is 28.3 Å². The molecule has 45 heavy (non-hydrogen) atoms. The van der Waals surface area contributed by atoms with Crippen LogP contribution < -0.4 is 0 Å². The zero-order chi connectivity index (χ0) is 33.7. The summed E-state index contributed by atoms with van der Waals surface area (Å²) in [6, 6.07) is 11.1. The maximum Gasteiger partial charge on any atom is 0.472 e. The molecule has 3 aromatic carbocycles. The van der Waals surface area contributed by atoms with Gasteiger partial charge in [-0.3, -0.25) is 13.6 Å². The predicted octanol–water partition coefficient (Wildman–Crippen LogP) is 7.34. The van der Waals surface area contributed by atoms with Gasteiger partial charge in [-0.2, -0.15) is 0 Å². The van der Waals surface area contributed by atoms with Gasteiger partial charge in [-0.15, -0.1) is 0 Å². The van der Waals surface area contributed by atoms with Gasteiger partial charge >= 0.3 is 7.82 Å². The second-order valence-corrected chi connectivity index (χ2v) is 15.8. The number of phosphoric ester groups is 1. The second kappa shape index (κ2) is 12.5. The third kappa shape index (κ3) is 7.34. The molecule has 0 fully saturated rings. The standard InChI is InChI=1S/C30H31Cl2F2N2O7PS/c1-29(2,27-20(31)8-7-9-21(27)32)28-35-26(30(3,4)37)15-36(28)24-11-10-17(12-23(24)34)18-13-22(33)19(16-43-44(38,39)42-5)25(14-18)45(6,40)41/h7-15,37H,16H2,1-6H3,(H,38,39). The molecule has 2 N–H and O–H groups in total. The molecule has 242 valence electrons. The number of hydrogen-bond donors (Lipinski definition) is 2. The van der Waals surface area contributed by atoms with Crippen molar-refractivity contribution in [1.82, 2.24) is 9.55 Å². The summed E-state index contributed by atoms with van der Waals surface area (Å²) >= 11 is 13.1. The average Bonchev–Trinajstić information content (AvgIpc) is 3.38. The van der Waals surface area contributed by atoms with Crippen LogP contribution in [0.1, 0.15) is 50.3 Å². The first-order valence-corrected chi connectivity index (χ1v) is 17.4. The van der Waals surface area contributed by atoms with Crippen LogP contribution in [0.25, 0.3) is 16.8 Å². The molecule has 4 aromatic rings. The van der Waals surface area contributed by atoms with Gasteiger partial charge in [-0.25, -0.2) is 26.7 Å². The van der Waals surface area contributed by atoms with E-state index >= 15 is 8.78 Å². The van der Waals surface area contributed by atoms with Crippen molar-refractivity contribution in [3.8, 4) is 16.8 Å². The van der Waals surface area contributed by atoms with Crippen molar-refractivity contribution in [2.24, 2.45) is 0 Å². The number of aromatic nitrogens is 2. The van der Waals surface area contributed by atoms with E-state index in [1.165, 1.54) is 36.7 Å². The van der Waals surface area contributed by atoms with Gasteiger partial charge in [0.25, 0.3) is 0 Å². The molecule has 0 aliphatic carbocycles. The molecule has 0 saturated heterocycles. The summed E-state index contributed by atoms with van der Waals surface area (Å²) in [6.07, 6.45) is 2.33. The fourth-order valence-corrected chi connectivity index (χ4v) is 7.05. The zero-order valence-electron chi connectivity index (χ0n) is 25.1. The van der Waals surface area contributed by atoms with Crippen LogP contribution in [0.15, 0.2) is 59.6 Å². The first-order valence-electron chi connectivity index (χ1n) is 13.3. The van der Waals surface area contributed by atoms with Crippen molar-refractivity contribution >= 4 is 40.9 Å². The molecule has 0 spiro atoms. The minimum Gasteiger partial charge on any atom is -0.384 e. The van der Waals surface area contributed by atoms with E-state index < -0.39 is 57.4 Å². The third-order valence-corrected chi connectivity index (χ3v) is 9.89. The Morgan fingerprint density at radius 1 is 1.00 bits per heavy atom. The van der Waals surface area contributed by atoms with Crippen LogP contribution in [0.5, 0.6) is 0 Å². The van der Waals surface area contributed by atoms with E-state index in [9.17, 15) is 23.0 Å². The fraction of sp³-hybridized carbons (Fsp3) is 0.300. The molecule has 1 atom stereocenters. The molecule has 0 saturated carbocycles. The third-order valence-electron chi connectivity index (χ3n) is 7.18. The zero-order valence-corrected chi connectivity index (χ0v) is 28.3. The minimum absolute atomic E-state index is 0.0206. The SMILES string of the molecule is COP(=O)(O)OCc1c(F)cc(-c2ccc(-n3cc(C(C)(C)O)nc3C(C)(C)c3c(Cl)cccc3Cl)c(F)c2)cc1S(C)(=O)=O. The lowest BCUT2D eigenvalue weighted by Crippen LogP contribution is -2.25. The molecule has 9 nitrogen and oxygen atoms in total. The largest absolute Gasteiger partial charge is 0.472 e. The Kier molecular flexibility index (Phi) is 9.78. The maximum absolute atomic E-state index is 16.0. The van der Waals surface area contributed by atoms with E-state index in [4.69, 9.17) is 27.7 Å². The molecule has 1 unspecified atom stereocenters. The molecule has 1 aromatic heterocycles. The number of phosphoric acid groups is 1. The molecule has 15 heteroatoms. The van der Waals surface area contributed by atoms with Crippen LogP contribution in [0.4, 0.5) is 8.78 Å². The number of rotatable bonds is 10. The number of halogens is 4. The highest BCUT2D eigenvalue weighted by Crippen LogP contribution is 2.44. The van der Waals surface area contributed by atoms with Crippen LogP contribution in [-0.4, -0.2) is 41.3 Å². The van der Waals surface area contributed by atoms with E-state index in [-0.39, 0.29) is 22.5 Å². The summed E-state index contributed by atoms with van der Waals surface area (Å²) in [6.45, 7) is 5.82. The van der Waals surface area contributed by atoms with E-state index in [1.54, 1.807) is 18.2 Å². The summed E-state index contributed by atoms with van der Waals surface area (Å²) in [5.74, 6) is -1.52. The number of aliphatic hydroxyl groups is 1. The molecule has 0 amide bonds. The first kappa shape index (κ1) is 35.2. The number of hydrogen-bond acceptors (Lipinski definition) is 7. The van der Waals surface area contributed by atoms with Crippen LogP contribution in [0, 0.1) is 11.6 Å². The Labute approximate surface area is 269 Å². The molecule has 0 radical (unpaired) electrons. The Morgan fingerprint density at radius 3 is 2.13 bits per heavy atom. The molecule has 1 heterocycles. The van der Waals surface area contributed by atoms with Gasteiger partial charge in [0.15, 0.2) is 9.84 Å². The average molecular weight is 704 g/mol. The first-order chi connectivity index (χ1) is 20.7. The Bertz CT molecular complexity index is 1920. The van der Waals surface area contributed by atoms with Crippen molar-refractivity contribution in [2.45, 2.75) is 50.2 Å². The van der Waals surface area contributed by atoms with Gasteiger partial charge < -0.3 is 10.00 Å². The number of nitrogens with zero attached hydrogens (tertiary/aromatic N) is 2. The highest BCUT2D eigenvalue weighted by Gasteiger charge is 2.36. The highest BCUT2D eigenvalue weighted by molar-refractivity contribution is 7.90. The monoisotopic (exact) mass is 702 g/mol. The minimum atomic E-state index is -4.54.